The summed E-state index contributed by atoms with van der Waals surface area (Å²) < 4.78 is 0. The van der Waals surface area contributed by atoms with Crippen LogP contribution in [-0.4, -0.2) is 11.9 Å². The number of hydrogen-bond acceptors (Lipinski definition) is 1. The summed E-state index contributed by atoms with van der Waals surface area (Å²) in [7, 11) is 2.18. The predicted molar refractivity (Wildman–Crippen MR) is 77.5 cm³/mol. The minimum Gasteiger partial charge on any atom is -0.295 e. The van der Waals surface area contributed by atoms with E-state index in [9.17, 15) is 0 Å². The van der Waals surface area contributed by atoms with Gasteiger partial charge in [-0.1, -0.05) is 60.2 Å². The molecule has 18 heavy (non-hydrogen) atoms. The fourth-order valence-corrected chi connectivity index (χ4v) is 2.11. The molecule has 0 aliphatic carbocycles. The van der Waals surface area contributed by atoms with Crippen molar-refractivity contribution in [3.63, 3.8) is 0 Å². The minimum atomic E-state index is 0.436. The summed E-state index contributed by atoms with van der Waals surface area (Å²) in [4.78, 5) is 2.38. The average Bonchev–Trinajstić information content (AvgIpc) is 2.40. The Labute approximate surface area is 110 Å². The lowest BCUT2D eigenvalue weighted by Crippen LogP contribution is -2.21. The largest absolute Gasteiger partial charge is 0.295 e. The van der Waals surface area contributed by atoms with Gasteiger partial charge in [-0.3, -0.25) is 4.90 Å². The highest BCUT2D eigenvalue weighted by Gasteiger charge is 2.11. The zero-order valence-electron chi connectivity index (χ0n) is 11.4. The summed E-state index contributed by atoms with van der Waals surface area (Å²) in [5, 5.41) is 0. The average molecular weight is 239 g/mol. The van der Waals surface area contributed by atoms with Gasteiger partial charge < -0.3 is 0 Å². The first-order valence-corrected chi connectivity index (χ1v) is 6.47. The highest BCUT2D eigenvalue weighted by atomic mass is 15.1. The van der Waals surface area contributed by atoms with Gasteiger partial charge in [0.2, 0.25) is 0 Å². The molecule has 0 saturated heterocycles. The van der Waals surface area contributed by atoms with Crippen LogP contribution in [0.2, 0.25) is 0 Å². The second kappa shape index (κ2) is 5.83. The van der Waals surface area contributed by atoms with Gasteiger partial charge in [0.1, 0.15) is 0 Å². The first-order chi connectivity index (χ1) is 8.66. The van der Waals surface area contributed by atoms with Crippen molar-refractivity contribution in [2.75, 3.05) is 7.05 Å². The Morgan fingerprint density at radius 2 is 1.56 bits per heavy atom. The van der Waals surface area contributed by atoms with Gasteiger partial charge in [0.05, 0.1) is 0 Å². The van der Waals surface area contributed by atoms with Crippen LogP contribution < -0.4 is 0 Å². The van der Waals surface area contributed by atoms with Crippen molar-refractivity contribution in [1.82, 2.24) is 4.90 Å². The molecule has 0 amide bonds. The molecule has 0 fully saturated rings. The molecule has 0 N–H and O–H groups in total. The molecule has 0 saturated carbocycles. The van der Waals surface area contributed by atoms with E-state index in [0.29, 0.717) is 6.04 Å². The number of benzene rings is 2. The van der Waals surface area contributed by atoms with Crippen LogP contribution in [0.15, 0.2) is 54.6 Å². The summed E-state index contributed by atoms with van der Waals surface area (Å²) in [6, 6.07) is 19.9. The Hall–Kier alpha value is -1.60. The van der Waals surface area contributed by atoms with Crippen molar-refractivity contribution >= 4 is 0 Å². The van der Waals surface area contributed by atoms with E-state index in [-0.39, 0.29) is 0 Å². The molecule has 2 aromatic carbocycles. The van der Waals surface area contributed by atoms with E-state index in [1.165, 1.54) is 16.7 Å². The molecule has 0 heterocycles. The van der Waals surface area contributed by atoms with Crippen molar-refractivity contribution in [3.05, 3.63) is 71.3 Å². The Bertz CT molecular complexity index is 473. The van der Waals surface area contributed by atoms with Gasteiger partial charge in [0, 0.05) is 12.6 Å². The van der Waals surface area contributed by atoms with Crippen LogP contribution in [-0.2, 0) is 6.54 Å². The summed E-state index contributed by atoms with van der Waals surface area (Å²) in [6.45, 7) is 5.37. The maximum absolute atomic E-state index is 2.38. The normalized spacial score (nSPS) is 12.7. The van der Waals surface area contributed by atoms with Crippen molar-refractivity contribution in [3.8, 4) is 0 Å². The molecule has 0 aliphatic heterocycles. The van der Waals surface area contributed by atoms with Gasteiger partial charge in [0.15, 0.2) is 0 Å². The van der Waals surface area contributed by atoms with E-state index < -0.39 is 0 Å². The molecule has 0 aromatic heterocycles. The van der Waals surface area contributed by atoms with E-state index in [4.69, 9.17) is 0 Å². The Balaban J connectivity index is 2.05. The van der Waals surface area contributed by atoms with Crippen molar-refractivity contribution in [1.29, 1.82) is 0 Å². The maximum Gasteiger partial charge on any atom is 0.0320 e. The van der Waals surface area contributed by atoms with Gasteiger partial charge in [-0.15, -0.1) is 0 Å². The maximum atomic E-state index is 2.38. The quantitative estimate of drug-likeness (QED) is 0.773. The van der Waals surface area contributed by atoms with Crippen LogP contribution in [0.3, 0.4) is 0 Å². The number of nitrogens with zero attached hydrogens (tertiary/aromatic N) is 1. The van der Waals surface area contributed by atoms with Crippen LogP contribution in [0.5, 0.6) is 0 Å². The molecule has 1 nitrogen and oxygen atoms in total. The number of rotatable bonds is 4. The van der Waals surface area contributed by atoms with Crippen LogP contribution in [0.1, 0.15) is 29.7 Å². The fraction of sp³-hybridized carbons (Fsp3) is 0.294. The van der Waals surface area contributed by atoms with E-state index in [1.54, 1.807) is 0 Å². The molecule has 1 unspecified atom stereocenters. The Kier molecular flexibility index (Phi) is 4.16. The zero-order valence-corrected chi connectivity index (χ0v) is 11.4. The van der Waals surface area contributed by atoms with Gasteiger partial charge in [-0.2, -0.15) is 0 Å². The third-order valence-corrected chi connectivity index (χ3v) is 3.50. The standard InChI is InChI=1S/C17H21N/c1-14-9-11-17(12-10-14)15(2)18(3)13-16-7-5-4-6-8-16/h4-12,15H,13H2,1-3H3. The number of aryl methyl sites for hydroxylation is 1. The van der Waals surface area contributed by atoms with Crippen molar-refractivity contribution < 1.29 is 0 Å². The van der Waals surface area contributed by atoms with Crippen molar-refractivity contribution in [2.24, 2.45) is 0 Å². The van der Waals surface area contributed by atoms with Crippen molar-refractivity contribution in [2.45, 2.75) is 26.4 Å². The fourth-order valence-electron chi connectivity index (χ4n) is 2.11. The zero-order chi connectivity index (χ0) is 13.0. The Morgan fingerprint density at radius 1 is 0.944 bits per heavy atom. The lowest BCUT2D eigenvalue weighted by molar-refractivity contribution is 0.253. The van der Waals surface area contributed by atoms with Gasteiger partial charge in [-0.05, 0) is 32.0 Å². The molecule has 0 spiro atoms. The topological polar surface area (TPSA) is 3.24 Å². The van der Waals surface area contributed by atoms with E-state index in [2.05, 4.69) is 80.4 Å². The predicted octanol–water partition coefficient (Wildman–Crippen LogP) is 4.19. The molecular weight excluding hydrogens is 218 g/mol. The first-order valence-electron chi connectivity index (χ1n) is 6.47. The SMILES string of the molecule is Cc1ccc(C(C)N(C)Cc2ccccc2)cc1. The third-order valence-electron chi connectivity index (χ3n) is 3.50. The molecule has 1 atom stereocenters. The van der Waals surface area contributed by atoms with E-state index in [1.807, 2.05) is 0 Å². The molecule has 0 radical (unpaired) electrons. The monoisotopic (exact) mass is 239 g/mol. The minimum absolute atomic E-state index is 0.436. The molecule has 1 heteroatoms. The van der Waals surface area contributed by atoms with E-state index in [0.717, 1.165) is 6.54 Å². The van der Waals surface area contributed by atoms with Gasteiger partial charge >= 0.3 is 0 Å². The molecule has 0 bridgehead atoms. The summed E-state index contributed by atoms with van der Waals surface area (Å²) in [6.07, 6.45) is 0. The van der Waals surface area contributed by atoms with Crippen LogP contribution in [0.25, 0.3) is 0 Å². The highest BCUT2D eigenvalue weighted by molar-refractivity contribution is 5.24. The summed E-state index contributed by atoms with van der Waals surface area (Å²) in [5.74, 6) is 0. The Morgan fingerprint density at radius 3 is 2.17 bits per heavy atom. The molecular formula is C17H21N. The van der Waals surface area contributed by atoms with Gasteiger partial charge in [-0.25, -0.2) is 0 Å². The van der Waals surface area contributed by atoms with Crippen LogP contribution in [0, 0.1) is 6.92 Å². The second-order valence-electron chi connectivity index (χ2n) is 4.99. The lowest BCUT2D eigenvalue weighted by Gasteiger charge is -2.25. The third kappa shape index (κ3) is 3.21. The molecule has 2 rings (SSSR count). The van der Waals surface area contributed by atoms with Crippen LogP contribution >= 0.6 is 0 Å². The summed E-state index contributed by atoms with van der Waals surface area (Å²) >= 11 is 0. The first kappa shape index (κ1) is 12.8. The summed E-state index contributed by atoms with van der Waals surface area (Å²) in [5.41, 5.74) is 4.05. The highest BCUT2D eigenvalue weighted by Crippen LogP contribution is 2.20. The van der Waals surface area contributed by atoms with E-state index >= 15 is 0 Å². The number of hydrogen-bond donors (Lipinski definition) is 0. The second-order valence-corrected chi connectivity index (χ2v) is 4.99. The lowest BCUT2D eigenvalue weighted by atomic mass is 10.0. The smallest absolute Gasteiger partial charge is 0.0320 e. The molecule has 94 valence electrons. The van der Waals surface area contributed by atoms with Crippen LogP contribution in [0.4, 0.5) is 0 Å². The molecule has 0 aliphatic rings. The molecule has 2 aromatic rings. The van der Waals surface area contributed by atoms with Gasteiger partial charge in [0.25, 0.3) is 0 Å².